The molecule has 0 aliphatic heterocycles. The number of H-pyrrole nitrogens is 1. The summed E-state index contributed by atoms with van der Waals surface area (Å²) < 4.78 is 0. The van der Waals surface area contributed by atoms with Crippen molar-refractivity contribution in [1.82, 2.24) is 20.5 Å². The molecule has 0 fully saturated rings. The summed E-state index contributed by atoms with van der Waals surface area (Å²) in [7, 11) is 0. The van der Waals surface area contributed by atoms with Crippen LogP contribution in [0.4, 0.5) is 0 Å². The normalized spacial score (nSPS) is 11.3. The fourth-order valence-electron chi connectivity index (χ4n) is 1.62. The van der Waals surface area contributed by atoms with Crippen LogP contribution < -0.4 is 5.32 Å². The van der Waals surface area contributed by atoms with E-state index in [0.717, 1.165) is 5.56 Å². The molecule has 1 aromatic carbocycles. The summed E-state index contributed by atoms with van der Waals surface area (Å²) in [6.07, 6.45) is 1.40. The van der Waals surface area contributed by atoms with Crippen LogP contribution in [0.1, 0.15) is 34.7 Å². The summed E-state index contributed by atoms with van der Waals surface area (Å²) in [6.45, 7) is 1.64. The minimum atomic E-state index is -0.251. The Morgan fingerprint density at radius 3 is 2.80 bits per heavy atom. The average molecular weight is 270 g/mol. The summed E-state index contributed by atoms with van der Waals surface area (Å²) in [5, 5.41) is 17.9. The van der Waals surface area contributed by atoms with Crippen molar-refractivity contribution in [2.24, 2.45) is 0 Å². The molecule has 0 radical (unpaired) electrons. The quantitative estimate of drug-likeness (QED) is 0.714. The fraction of sp³-hybridized carbons (Fsp3) is 0.214. The molecule has 1 atom stereocenters. The van der Waals surface area contributed by atoms with E-state index in [1.165, 1.54) is 6.33 Å². The van der Waals surface area contributed by atoms with Gasteiger partial charge in [0, 0.05) is 11.1 Å². The molecule has 20 heavy (non-hydrogen) atoms. The summed E-state index contributed by atoms with van der Waals surface area (Å²) >= 11 is 0. The number of aliphatic hydroxyl groups excluding tert-OH is 1. The molecule has 0 saturated heterocycles. The third-order valence-corrected chi connectivity index (χ3v) is 2.65. The van der Waals surface area contributed by atoms with Crippen molar-refractivity contribution in [3.63, 3.8) is 0 Å². The van der Waals surface area contributed by atoms with Gasteiger partial charge in [-0.3, -0.25) is 9.89 Å². The van der Waals surface area contributed by atoms with Crippen LogP contribution in [0.15, 0.2) is 30.6 Å². The monoisotopic (exact) mass is 270 g/mol. The standard InChI is InChI=1S/C14H14N4O2/c1-10(13-15-9-16-18-13)17-14(20)12-6-4-11(5-7-12)3-2-8-19/h4-7,9-10,19H,8H2,1H3,(H,17,20)(H,15,16,18). The molecule has 0 aliphatic rings. The average Bonchev–Trinajstić information content (AvgIpc) is 3.00. The van der Waals surface area contributed by atoms with E-state index in [1.807, 2.05) is 6.92 Å². The number of nitrogens with one attached hydrogen (secondary N) is 2. The highest BCUT2D eigenvalue weighted by atomic mass is 16.2. The van der Waals surface area contributed by atoms with Crippen LogP contribution >= 0.6 is 0 Å². The number of rotatable bonds is 3. The van der Waals surface area contributed by atoms with Gasteiger partial charge in [-0.25, -0.2) is 4.98 Å². The lowest BCUT2D eigenvalue weighted by Gasteiger charge is -2.10. The summed E-state index contributed by atoms with van der Waals surface area (Å²) in [5.41, 5.74) is 1.28. The van der Waals surface area contributed by atoms with Crippen LogP contribution in [0.2, 0.25) is 0 Å². The number of aromatic amines is 1. The highest BCUT2D eigenvalue weighted by Gasteiger charge is 2.13. The Morgan fingerprint density at radius 1 is 1.45 bits per heavy atom. The first kappa shape index (κ1) is 13.8. The zero-order valence-electron chi connectivity index (χ0n) is 10.9. The molecule has 1 amide bonds. The minimum Gasteiger partial charge on any atom is -0.384 e. The van der Waals surface area contributed by atoms with E-state index >= 15 is 0 Å². The van der Waals surface area contributed by atoms with Crippen molar-refractivity contribution in [2.75, 3.05) is 6.61 Å². The number of hydrogen-bond donors (Lipinski definition) is 3. The second-order valence-corrected chi connectivity index (χ2v) is 4.10. The molecule has 0 saturated carbocycles. The van der Waals surface area contributed by atoms with Crippen molar-refractivity contribution in [2.45, 2.75) is 13.0 Å². The van der Waals surface area contributed by atoms with Gasteiger partial charge in [-0.15, -0.1) is 0 Å². The maximum atomic E-state index is 12.0. The van der Waals surface area contributed by atoms with Crippen LogP contribution in [0, 0.1) is 11.8 Å². The maximum Gasteiger partial charge on any atom is 0.251 e. The van der Waals surface area contributed by atoms with Crippen LogP contribution in [-0.2, 0) is 0 Å². The SMILES string of the molecule is CC(NC(=O)c1ccc(C#CCO)cc1)c1ncn[nH]1. The number of aromatic nitrogens is 3. The van der Waals surface area contributed by atoms with E-state index in [4.69, 9.17) is 5.11 Å². The first-order chi connectivity index (χ1) is 9.70. The molecule has 0 spiro atoms. The van der Waals surface area contributed by atoms with Crippen LogP contribution in [-0.4, -0.2) is 32.8 Å². The Labute approximate surface area is 116 Å². The first-order valence-corrected chi connectivity index (χ1v) is 6.06. The van der Waals surface area contributed by atoms with E-state index in [1.54, 1.807) is 24.3 Å². The molecule has 2 rings (SSSR count). The number of amides is 1. The van der Waals surface area contributed by atoms with Gasteiger partial charge in [0.2, 0.25) is 0 Å². The molecular formula is C14H14N4O2. The number of benzene rings is 1. The van der Waals surface area contributed by atoms with Crippen LogP contribution in [0.3, 0.4) is 0 Å². The lowest BCUT2D eigenvalue weighted by atomic mass is 10.1. The lowest BCUT2D eigenvalue weighted by molar-refractivity contribution is 0.0938. The third-order valence-electron chi connectivity index (χ3n) is 2.65. The molecule has 6 heteroatoms. The van der Waals surface area contributed by atoms with Gasteiger partial charge in [-0.2, -0.15) is 5.10 Å². The third kappa shape index (κ3) is 3.43. The smallest absolute Gasteiger partial charge is 0.251 e. The van der Waals surface area contributed by atoms with Crippen LogP contribution in [0.25, 0.3) is 0 Å². The highest BCUT2D eigenvalue weighted by molar-refractivity contribution is 5.94. The topological polar surface area (TPSA) is 90.9 Å². The summed E-state index contributed by atoms with van der Waals surface area (Å²) in [5.74, 6) is 5.72. The van der Waals surface area contributed by atoms with Gasteiger partial charge in [-0.05, 0) is 31.2 Å². The summed E-state index contributed by atoms with van der Waals surface area (Å²) in [4.78, 5) is 16.0. The zero-order chi connectivity index (χ0) is 14.4. The molecule has 2 aromatic rings. The molecule has 1 aromatic heterocycles. The van der Waals surface area contributed by atoms with Crippen molar-refractivity contribution in [3.05, 3.63) is 47.5 Å². The van der Waals surface area contributed by atoms with E-state index in [2.05, 4.69) is 32.3 Å². The molecular weight excluding hydrogens is 256 g/mol. The van der Waals surface area contributed by atoms with E-state index in [9.17, 15) is 4.79 Å². The van der Waals surface area contributed by atoms with Crippen molar-refractivity contribution < 1.29 is 9.90 Å². The van der Waals surface area contributed by atoms with Crippen molar-refractivity contribution >= 4 is 5.91 Å². The number of hydrogen-bond acceptors (Lipinski definition) is 4. The van der Waals surface area contributed by atoms with Gasteiger partial charge >= 0.3 is 0 Å². The van der Waals surface area contributed by atoms with E-state index < -0.39 is 0 Å². The molecule has 6 nitrogen and oxygen atoms in total. The minimum absolute atomic E-state index is 0.184. The molecule has 102 valence electrons. The Morgan fingerprint density at radius 2 is 2.20 bits per heavy atom. The Bertz CT molecular complexity index is 623. The van der Waals surface area contributed by atoms with E-state index in [0.29, 0.717) is 11.4 Å². The fourth-order valence-corrected chi connectivity index (χ4v) is 1.62. The number of carbonyl (C=O) groups is 1. The predicted molar refractivity (Wildman–Crippen MR) is 72.7 cm³/mol. The van der Waals surface area contributed by atoms with Gasteiger partial charge < -0.3 is 10.4 Å². The second-order valence-electron chi connectivity index (χ2n) is 4.10. The molecule has 3 N–H and O–H groups in total. The van der Waals surface area contributed by atoms with Crippen molar-refractivity contribution in [3.8, 4) is 11.8 Å². The van der Waals surface area contributed by atoms with E-state index in [-0.39, 0.29) is 18.6 Å². The van der Waals surface area contributed by atoms with Gasteiger partial charge in [0.25, 0.3) is 5.91 Å². The second kappa shape index (κ2) is 6.50. The Balaban J connectivity index is 2.02. The molecule has 1 heterocycles. The maximum absolute atomic E-state index is 12.0. The number of carbonyl (C=O) groups excluding carboxylic acids is 1. The zero-order valence-corrected chi connectivity index (χ0v) is 10.9. The summed E-state index contributed by atoms with van der Waals surface area (Å²) in [6, 6.07) is 6.58. The molecule has 1 unspecified atom stereocenters. The predicted octanol–water partition coefficient (Wildman–Crippen LogP) is 0.639. The lowest BCUT2D eigenvalue weighted by Crippen LogP contribution is -2.27. The largest absolute Gasteiger partial charge is 0.384 e. The van der Waals surface area contributed by atoms with Crippen molar-refractivity contribution in [1.29, 1.82) is 0 Å². The van der Waals surface area contributed by atoms with Gasteiger partial charge in [-0.1, -0.05) is 11.8 Å². The Hall–Kier alpha value is -2.65. The highest BCUT2D eigenvalue weighted by Crippen LogP contribution is 2.08. The number of nitrogens with zero attached hydrogens (tertiary/aromatic N) is 2. The first-order valence-electron chi connectivity index (χ1n) is 6.06. The van der Waals surface area contributed by atoms with Gasteiger partial charge in [0.1, 0.15) is 18.8 Å². The van der Waals surface area contributed by atoms with Gasteiger partial charge in [0.05, 0.1) is 6.04 Å². The molecule has 0 aliphatic carbocycles. The van der Waals surface area contributed by atoms with Crippen LogP contribution in [0.5, 0.6) is 0 Å². The number of aliphatic hydroxyl groups is 1. The Kier molecular flexibility index (Phi) is 4.47. The molecule has 0 bridgehead atoms. The van der Waals surface area contributed by atoms with Gasteiger partial charge in [0.15, 0.2) is 0 Å².